The number of hydrogen-bond acceptors (Lipinski definition) is 2. The standard InChI is InChI=1S/C29H41N2.C9H7O.Ca/c1-18(2)24-13-11-14-25(19(3)4)28(24)30-22(9)17-23(10)31-29-26(20(5)6)15-12-16-27(29)21(7)8;1-2-8-10-9-6-4-3-5-7-9;/h11-21H,1-10H3;3-7H,8H2;/q2*-1;+2/b22-17-,31-23?;;. The molecule has 0 aliphatic carbocycles. The van der Waals surface area contributed by atoms with Gasteiger partial charge in [0.1, 0.15) is 12.4 Å². The van der Waals surface area contributed by atoms with Crippen molar-refractivity contribution in [1.29, 1.82) is 0 Å². The quantitative estimate of drug-likeness (QED) is 0.100. The van der Waals surface area contributed by atoms with Gasteiger partial charge in [0.2, 0.25) is 0 Å². The molecule has 3 rings (SSSR count). The Kier molecular flexibility index (Phi) is 16.9. The molecule has 3 aromatic carbocycles. The first-order valence-corrected chi connectivity index (χ1v) is 14.7. The predicted molar refractivity (Wildman–Crippen MR) is 184 cm³/mol. The van der Waals surface area contributed by atoms with E-state index in [-0.39, 0.29) is 44.3 Å². The van der Waals surface area contributed by atoms with Gasteiger partial charge in [-0.15, -0.1) is 5.69 Å². The van der Waals surface area contributed by atoms with E-state index >= 15 is 0 Å². The number of aliphatic imine (C=N–C) groups is 1. The number of hydrogen-bond donors (Lipinski definition) is 0. The first-order chi connectivity index (χ1) is 19.5. The minimum atomic E-state index is 0. The zero-order valence-corrected chi connectivity index (χ0v) is 29.7. The van der Waals surface area contributed by atoms with Gasteiger partial charge in [0.15, 0.2) is 0 Å². The molecule has 4 heteroatoms. The second-order valence-corrected chi connectivity index (χ2v) is 11.6. The van der Waals surface area contributed by atoms with Gasteiger partial charge < -0.3 is 22.4 Å². The zero-order valence-electron chi connectivity index (χ0n) is 27.5. The van der Waals surface area contributed by atoms with Gasteiger partial charge in [0, 0.05) is 5.71 Å². The van der Waals surface area contributed by atoms with Gasteiger partial charge in [0.25, 0.3) is 0 Å². The fourth-order valence-electron chi connectivity index (χ4n) is 4.64. The molecule has 218 valence electrons. The van der Waals surface area contributed by atoms with E-state index in [1.165, 1.54) is 22.3 Å². The largest absolute Gasteiger partial charge is 2.00 e. The van der Waals surface area contributed by atoms with Crippen molar-refractivity contribution in [1.82, 2.24) is 0 Å². The molecular weight excluding hydrogens is 541 g/mol. The van der Waals surface area contributed by atoms with Crippen LogP contribution in [0.5, 0.6) is 5.75 Å². The molecule has 0 amide bonds. The van der Waals surface area contributed by atoms with Crippen LogP contribution in [0.15, 0.2) is 83.5 Å². The molecule has 0 saturated heterocycles. The molecule has 0 bridgehead atoms. The summed E-state index contributed by atoms with van der Waals surface area (Å²) in [6.45, 7) is 22.3. The molecule has 0 spiro atoms. The molecule has 0 unspecified atom stereocenters. The molecule has 0 atom stereocenters. The molecule has 0 fully saturated rings. The summed E-state index contributed by atoms with van der Waals surface area (Å²) in [6, 6.07) is 22.5. The van der Waals surface area contributed by atoms with Crippen molar-refractivity contribution in [3.63, 3.8) is 0 Å². The number of ether oxygens (including phenoxy) is 1. The number of allylic oxidation sites excluding steroid dienone is 2. The second-order valence-electron chi connectivity index (χ2n) is 11.6. The Morgan fingerprint density at radius 3 is 1.62 bits per heavy atom. The van der Waals surface area contributed by atoms with Crippen molar-refractivity contribution >= 4 is 54.8 Å². The summed E-state index contributed by atoms with van der Waals surface area (Å²) in [6.07, 6.45) is 8.69. The maximum Gasteiger partial charge on any atom is 2.00 e. The number of nitrogens with zero attached hydrogens (tertiary/aromatic N) is 2. The average Bonchev–Trinajstić information content (AvgIpc) is 2.92. The van der Waals surface area contributed by atoms with Gasteiger partial charge in [-0.2, -0.15) is 5.70 Å². The van der Waals surface area contributed by atoms with Crippen LogP contribution in [0.1, 0.15) is 115 Å². The normalized spacial score (nSPS) is 11.6. The molecule has 0 aromatic heterocycles. The molecule has 42 heavy (non-hydrogen) atoms. The van der Waals surface area contributed by atoms with Crippen LogP contribution < -0.4 is 4.74 Å². The van der Waals surface area contributed by atoms with E-state index in [2.05, 4.69) is 118 Å². The molecule has 0 saturated carbocycles. The Balaban J connectivity index is 0.000000677. The van der Waals surface area contributed by atoms with Crippen molar-refractivity contribution in [2.45, 2.75) is 92.9 Å². The Morgan fingerprint density at radius 2 is 1.19 bits per heavy atom. The van der Waals surface area contributed by atoms with Gasteiger partial charge in [-0.1, -0.05) is 134 Å². The molecule has 3 aromatic rings. The van der Waals surface area contributed by atoms with Crippen LogP contribution in [-0.2, 0) is 0 Å². The summed E-state index contributed by atoms with van der Waals surface area (Å²) in [5.41, 5.74) is 9.45. The fourth-order valence-corrected chi connectivity index (χ4v) is 4.64. The van der Waals surface area contributed by atoms with Gasteiger partial charge in [-0.25, -0.2) is 0 Å². The van der Waals surface area contributed by atoms with Crippen LogP contribution >= 0.6 is 0 Å². The minimum absolute atomic E-state index is 0. The molecule has 0 N–H and O–H groups in total. The average molecular weight is 589 g/mol. The SMILES string of the molecule is CC(/C=C(/C)[N-]c1c(C(C)C)cccc1C(C)C)=Nc1c(C(C)C)cccc1C(C)C.[C-]#CCOc1ccccc1.[Ca+2]. The van der Waals surface area contributed by atoms with Crippen LogP contribution in [0, 0.1) is 12.3 Å². The zero-order chi connectivity index (χ0) is 30.5. The van der Waals surface area contributed by atoms with E-state index in [0.717, 1.165) is 28.5 Å². The summed E-state index contributed by atoms with van der Waals surface area (Å²) in [5, 5.41) is 5.08. The van der Waals surface area contributed by atoms with Crippen molar-refractivity contribution in [2.24, 2.45) is 4.99 Å². The summed E-state index contributed by atoms with van der Waals surface area (Å²) >= 11 is 0. The first kappa shape index (κ1) is 37.5. The van der Waals surface area contributed by atoms with E-state index in [1.807, 2.05) is 30.3 Å². The van der Waals surface area contributed by atoms with E-state index in [4.69, 9.17) is 21.5 Å². The maximum atomic E-state index is 6.58. The third-order valence-corrected chi connectivity index (χ3v) is 6.73. The topological polar surface area (TPSA) is 35.7 Å². The van der Waals surface area contributed by atoms with E-state index in [1.54, 1.807) is 0 Å². The summed E-state index contributed by atoms with van der Waals surface area (Å²) in [7, 11) is 0. The summed E-state index contributed by atoms with van der Waals surface area (Å²) < 4.78 is 5.06. The van der Waals surface area contributed by atoms with E-state index < -0.39 is 0 Å². The van der Waals surface area contributed by atoms with Crippen LogP contribution in [0.4, 0.5) is 11.4 Å². The van der Waals surface area contributed by atoms with E-state index in [9.17, 15) is 0 Å². The van der Waals surface area contributed by atoms with Crippen LogP contribution in [0.3, 0.4) is 0 Å². The minimum Gasteiger partial charge on any atom is -0.690 e. The third kappa shape index (κ3) is 11.6. The molecule has 0 aliphatic heterocycles. The summed E-state index contributed by atoms with van der Waals surface area (Å²) in [5.74, 6) is 4.67. The number of para-hydroxylation sites is 3. The Bertz CT molecular complexity index is 1290. The molecule has 0 radical (unpaired) electrons. The second kappa shape index (κ2) is 18.9. The van der Waals surface area contributed by atoms with Gasteiger partial charge in [0.05, 0.1) is 5.69 Å². The van der Waals surface area contributed by atoms with Crippen LogP contribution in [0.2, 0.25) is 0 Å². The third-order valence-electron chi connectivity index (χ3n) is 6.73. The Morgan fingerprint density at radius 1 is 0.738 bits per heavy atom. The molecular formula is C38H48CaN2O. The monoisotopic (exact) mass is 588 g/mol. The number of benzene rings is 3. The Hall–Kier alpha value is -2.51. The van der Waals surface area contributed by atoms with Gasteiger partial charge >= 0.3 is 37.7 Å². The van der Waals surface area contributed by atoms with Crippen LogP contribution in [-0.4, -0.2) is 50.1 Å². The molecule has 0 aliphatic rings. The van der Waals surface area contributed by atoms with Crippen LogP contribution in [0.25, 0.3) is 5.32 Å². The van der Waals surface area contributed by atoms with E-state index in [0.29, 0.717) is 23.7 Å². The smallest absolute Gasteiger partial charge is 0.690 e. The first-order valence-electron chi connectivity index (χ1n) is 14.7. The maximum absolute atomic E-state index is 6.58. The van der Waals surface area contributed by atoms with Gasteiger partial charge in [-0.05, 0) is 53.9 Å². The summed E-state index contributed by atoms with van der Waals surface area (Å²) in [4.78, 5) is 5.08. The predicted octanol–water partition coefficient (Wildman–Crippen LogP) is 11.2. The fraction of sp³-hybridized carbons (Fsp3) is 0.395. The molecule has 3 nitrogen and oxygen atoms in total. The molecule has 0 heterocycles. The van der Waals surface area contributed by atoms with Crippen molar-refractivity contribution in [3.8, 4) is 11.7 Å². The number of rotatable bonds is 10. The van der Waals surface area contributed by atoms with Crippen molar-refractivity contribution in [2.75, 3.05) is 6.61 Å². The van der Waals surface area contributed by atoms with Gasteiger partial charge in [-0.3, -0.25) is 4.99 Å². The Labute approximate surface area is 286 Å². The van der Waals surface area contributed by atoms with Crippen molar-refractivity contribution < 1.29 is 4.74 Å². The van der Waals surface area contributed by atoms with Crippen molar-refractivity contribution in [3.05, 3.63) is 112 Å².